The maximum Gasteiger partial charge on any atom is 0.161 e. The summed E-state index contributed by atoms with van der Waals surface area (Å²) in [5.74, 6) is 0.856. The van der Waals surface area contributed by atoms with E-state index in [0.29, 0.717) is 11.7 Å². The first-order valence-corrected chi connectivity index (χ1v) is 9.01. The smallest absolute Gasteiger partial charge is 0.161 e. The lowest BCUT2D eigenvalue weighted by Gasteiger charge is -2.32. The van der Waals surface area contributed by atoms with Crippen molar-refractivity contribution in [3.8, 4) is 0 Å². The Labute approximate surface area is 140 Å². The molecule has 0 aromatic heterocycles. The molecule has 3 atom stereocenters. The third-order valence-corrected chi connectivity index (χ3v) is 6.85. The Hall–Kier alpha value is -1.51. The molecule has 1 N–H and O–H groups in total. The first kappa shape index (κ1) is 16.4. The quantitative estimate of drug-likeness (QED) is 0.877. The summed E-state index contributed by atoms with van der Waals surface area (Å²) in [6.07, 6.45) is 2.20. The van der Waals surface area contributed by atoms with Gasteiger partial charge in [0.1, 0.15) is 0 Å². The van der Waals surface area contributed by atoms with Crippen LogP contribution in [0.5, 0.6) is 0 Å². The Morgan fingerprint density at radius 2 is 1.74 bits per heavy atom. The summed E-state index contributed by atoms with van der Waals surface area (Å²) >= 11 is 0. The highest BCUT2D eigenvalue weighted by Crippen LogP contribution is 2.63. The van der Waals surface area contributed by atoms with Crippen LogP contribution in [-0.2, 0) is 4.79 Å². The van der Waals surface area contributed by atoms with Gasteiger partial charge in [0, 0.05) is 29.9 Å². The minimum atomic E-state index is -0.156. The largest absolute Gasteiger partial charge is 0.375 e. The van der Waals surface area contributed by atoms with Crippen LogP contribution in [-0.4, -0.2) is 24.9 Å². The number of hydrogen-bond acceptors (Lipinski definition) is 3. The summed E-state index contributed by atoms with van der Waals surface area (Å²) in [4.78, 5) is 15.2. The van der Waals surface area contributed by atoms with E-state index in [9.17, 15) is 4.79 Å². The molecule has 0 amide bonds. The molecule has 3 rings (SSSR count). The van der Waals surface area contributed by atoms with Gasteiger partial charge in [0.15, 0.2) is 5.78 Å². The lowest BCUT2D eigenvalue weighted by atomic mass is 9.70. The Morgan fingerprint density at radius 3 is 2.22 bits per heavy atom. The number of benzene rings is 1. The fraction of sp³-hybridized carbons (Fsp3) is 0.650. The summed E-state index contributed by atoms with van der Waals surface area (Å²) in [6.45, 7) is 13.1. The molecule has 1 aromatic rings. The van der Waals surface area contributed by atoms with Crippen LogP contribution in [0.4, 0.5) is 11.4 Å². The van der Waals surface area contributed by atoms with Crippen molar-refractivity contribution in [2.75, 3.05) is 23.3 Å². The second kappa shape index (κ2) is 5.54. The number of nitrogens with one attached hydrogen (secondary N) is 1. The van der Waals surface area contributed by atoms with Crippen LogP contribution in [0.2, 0.25) is 0 Å². The van der Waals surface area contributed by atoms with Gasteiger partial charge in [-0.15, -0.1) is 0 Å². The van der Waals surface area contributed by atoms with Crippen LogP contribution < -0.4 is 10.2 Å². The van der Waals surface area contributed by atoms with E-state index in [4.69, 9.17) is 0 Å². The van der Waals surface area contributed by atoms with Crippen LogP contribution in [0.1, 0.15) is 47.5 Å². The Bertz CT molecular complexity index is 588. The zero-order valence-electron chi connectivity index (χ0n) is 15.1. The first-order valence-electron chi connectivity index (χ1n) is 9.01. The molecule has 2 aliphatic rings. The van der Waals surface area contributed by atoms with Crippen LogP contribution in [0.15, 0.2) is 24.3 Å². The number of nitrogens with zero attached hydrogens (tertiary/aromatic N) is 1. The number of hydrogen-bond donors (Lipinski definition) is 1. The summed E-state index contributed by atoms with van der Waals surface area (Å²) in [6, 6.07) is 8.51. The molecule has 2 saturated carbocycles. The lowest BCUT2D eigenvalue weighted by Crippen LogP contribution is -2.38. The molecular formula is C20H30N2O. The Morgan fingerprint density at radius 1 is 1.13 bits per heavy atom. The van der Waals surface area contributed by atoms with Crippen molar-refractivity contribution in [1.29, 1.82) is 0 Å². The summed E-state index contributed by atoms with van der Waals surface area (Å²) < 4.78 is 0. The number of rotatable bonds is 5. The van der Waals surface area contributed by atoms with Gasteiger partial charge in [-0.1, -0.05) is 20.8 Å². The molecule has 0 saturated heterocycles. The predicted octanol–water partition coefficient (Wildman–Crippen LogP) is 4.34. The minimum absolute atomic E-state index is 0.0250. The molecule has 23 heavy (non-hydrogen) atoms. The number of ketones is 1. The predicted molar refractivity (Wildman–Crippen MR) is 97.0 cm³/mol. The van der Waals surface area contributed by atoms with E-state index in [1.807, 2.05) is 0 Å². The van der Waals surface area contributed by atoms with E-state index < -0.39 is 0 Å². The van der Waals surface area contributed by atoms with Crippen molar-refractivity contribution in [3.63, 3.8) is 0 Å². The topological polar surface area (TPSA) is 32.3 Å². The van der Waals surface area contributed by atoms with Gasteiger partial charge in [0.05, 0.1) is 6.04 Å². The van der Waals surface area contributed by atoms with Gasteiger partial charge in [-0.2, -0.15) is 0 Å². The van der Waals surface area contributed by atoms with E-state index in [0.717, 1.165) is 31.6 Å². The molecular weight excluding hydrogens is 284 g/mol. The number of fused-ring (bicyclic) bond motifs is 2. The van der Waals surface area contributed by atoms with Gasteiger partial charge >= 0.3 is 0 Å². The Balaban J connectivity index is 1.77. The standard InChI is InChI=1S/C20H30N2O/c1-6-22(7-2)15-10-8-14(9-11-15)21-17-16-12-13-20(5,18(17)23)19(16,3)4/h8-11,16-17,21H,6-7,12-13H2,1-5H3. The number of carbonyl (C=O) groups is 1. The lowest BCUT2D eigenvalue weighted by molar-refractivity contribution is -0.128. The van der Waals surface area contributed by atoms with Crippen molar-refractivity contribution >= 4 is 17.2 Å². The van der Waals surface area contributed by atoms with Gasteiger partial charge in [-0.05, 0) is 62.3 Å². The maximum atomic E-state index is 12.9. The normalized spacial score (nSPS) is 31.4. The molecule has 3 nitrogen and oxygen atoms in total. The third-order valence-electron chi connectivity index (χ3n) is 6.85. The molecule has 3 heteroatoms. The number of Topliss-reactive ketones (excluding diaryl/α,β-unsaturated/α-hetero) is 1. The molecule has 0 aliphatic heterocycles. The molecule has 1 aromatic carbocycles. The maximum absolute atomic E-state index is 12.9. The van der Waals surface area contributed by atoms with Crippen molar-refractivity contribution in [2.24, 2.45) is 16.7 Å². The van der Waals surface area contributed by atoms with Gasteiger partial charge < -0.3 is 10.2 Å². The number of carbonyl (C=O) groups excluding carboxylic acids is 1. The van der Waals surface area contributed by atoms with Crippen molar-refractivity contribution < 1.29 is 4.79 Å². The minimum Gasteiger partial charge on any atom is -0.375 e. The zero-order valence-corrected chi connectivity index (χ0v) is 15.1. The fourth-order valence-corrected chi connectivity index (χ4v) is 4.79. The van der Waals surface area contributed by atoms with Crippen LogP contribution in [0, 0.1) is 16.7 Å². The highest BCUT2D eigenvalue weighted by atomic mass is 16.1. The summed E-state index contributed by atoms with van der Waals surface area (Å²) in [5, 5.41) is 3.54. The fourth-order valence-electron chi connectivity index (χ4n) is 4.79. The molecule has 2 fully saturated rings. The van der Waals surface area contributed by atoms with Gasteiger partial charge in [-0.25, -0.2) is 0 Å². The molecule has 2 bridgehead atoms. The molecule has 126 valence electrons. The third kappa shape index (κ3) is 2.28. The van der Waals surface area contributed by atoms with Crippen LogP contribution in [0.25, 0.3) is 0 Å². The van der Waals surface area contributed by atoms with E-state index in [-0.39, 0.29) is 16.9 Å². The van der Waals surface area contributed by atoms with E-state index >= 15 is 0 Å². The van der Waals surface area contributed by atoms with E-state index in [1.165, 1.54) is 5.69 Å². The van der Waals surface area contributed by atoms with Gasteiger partial charge in [0.2, 0.25) is 0 Å². The average Bonchev–Trinajstić information content (AvgIpc) is 2.84. The van der Waals surface area contributed by atoms with E-state index in [2.05, 4.69) is 69.1 Å². The zero-order chi connectivity index (χ0) is 16.8. The van der Waals surface area contributed by atoms with Crippen LogP contribution >= 0.6 is 0 Å². The molecule has 0 heterocycles. The molecule has 0 radical (unpaired) electrons. The monoisotopic (exact) mass is 314 g/mol. The van der Waals surface area contributed by atoms with E-state index in [1.54, 1.807) is 0 Å². The summed E-state index contributed by atoms with van der Waals surface area (Å²) in [5.41, 5.74) is 2.25. The first-order chi connectivity index (χ1) is 10.8. The van der Waals surface area contributed by atoms with Crippen LogP contribution in [0.3, 0.4) is 0 Å². The molecule has 0 spiro atoms. The van der Waals surface area contributed by atoms with Crippen molar-refractivity contribution in [2.45, 2.75) is 53.5 Å². The second-order valence-electron chi connectivity index (χ2n) is 7.90. The van der Waals surface area contributed by atoms with Crippen molar-refractivity contribution in [3.05, 3.63) is 24.3 Å². The number of anilines is 2. The second-order valence-corrected chi connectivity index (χ2v) is 7.90. The summed E-state index contributed by atoms with van der Waals surface area (Å²) in [7, 11) is 0. The van der Waals surface area contributed by atoms with Gasteiger partial charge in [-0.3, -0.25) is 4.79 Å². The molecule has 2 aliphatic carbocycles. The average molecular weight is 314 g/mol. The SMILES string of the molecule is CCN(CC)c1ccc(NC2C(=O)C3(C)CCC2C3(C)C)cc1. The van der Waals surface area contributed by atoms with Gasteiger partial charge in [0.25, 0.3) is 0 Å². The molecule has 3 unspecified atom stereocenters. The Kier molecular flexibility index (Phi) is 3.94. The highest BCUT2D eigenvalue weighted by Gasteiger charge is 2.66. The van der Waals surface area contributed by atoms with Crippen molar-refractivity contribution in [1.82, 2.24) is 0 Å². The highest BCUT2D eigenvalue weighted by molar-refractivity contribution is 5.96.